The number of fused-ring (bicyclic) bond motifs is 1. The van der Waals surface area contributed by atoms with E-state index in [-0.39, 0.29) is 21.5 Å². The second-order valence-electron chi connectivity index (χ2n) is 6.03. The van der Waals surface area contributed by atoms with Crippen molar-refractivity contribution in [3.63, 3.8) is 0 Å². The standard InChI is InChI=1S/C17H16ClN3O5S2/c1-11(22)20-7-2-8-27-17-6-4-13(10-16(17)20)28(25,26)19-12-3-5-14(18)15(9-12)21(23)24/h3-6,9-10,19H,2,7-8H2,1H3. The average Bonchev–Trinajstić information content (AvgIpc) is 2.84. The van der Waals surface area contributed by atoms with Gasteiger partial charge in [0, 0.05) is 24.4 Å². The number of carbonyl (C=O) groups is 1. The van der Waals surface area contributed by atoms with Gasteiger partial charge in [0.05, 0.1) is 21.2 Å². The highest BCUT2D eigenvalue weighted by atomic mass is 35.5. The Balaban J connectivity index is 1.98. The van der Waals surface area contributed by atoms with Gasteiger partial charge in [0.2, 0.25) is 5.91 Å². The highest BCUT2D eigenvalue weighted by Crippen LogP contribution is 2.36. The first-order valence-electron chi connectivity index (χ1n) is 8.21. The lowest BCUT2D eigenvalue weighted by atomic mass is 10.2. The van der Waals surface area contributed by atoms with Gasteiger partial charge in [-0.1, -0.05) is 11.6 Å². The molecule has 28 heavy (non-hydrogen) atoms. The maximum absolute atomic E-state index is 12.8. The van der Waals surface area contributed by atoms with Crippen molar-refractivity contribution in [3.8, 4) is 0 Å². The van der Waals surface area contributed by atoms with Crippen LogP contribution >= 0.6 is 23.4 Å². The number of hydrogen-bond acceptors (Lipinski definition) is 6. The number of nitro benzene ring substituents is 1. The summed E-state index contributed by atoms with van der Waals surface area (Å²) in [4.78, 5) is 24.6. The molecule has 8 nitrogen and oxygen atoms in total. The largest absolute Gasteiger partial charge is 0.311 e. The summed E-state index contributed by atoms with van der Waals surface area (Å²) in [7, 11) is -4.03. The van der Waals surface area contributed by atoms with Crippen LogP contribution in [0.1, 0.15) is 13.3 Å². The van der Waals surface area contributed by atoms with E-state index in [1.807, 2.05) is 0 Å². The van der Waals surface area contributed by atoms with E-state index < -0.39 is 20.6 Å². The summed E-state index contributed by atoms with van der Waals surface area (Å²) >= 11 is 7.32. The minimum Gasteiger partial charge on any atom is -0.311 e. The molecule has 1 N–H and O–H groups in total. The van der Waals surface area contributed by atoms with Gasteiger partial charge in [-0.05, 0) is 42.5 Å². The Morgan fingerprint density at radius 2 is 2.04 bits per heavy atom. The number of nitro groups is 1. The molecular formula is C17H16ClN3O5S2. The lowest BCUT2D eigenvalue weighted by molar-refractivity contribution is -0.384. The monoisotopic (exact) mass is 441 g/mol. The summed E-state index contributed by atoms with van der Waals surface area (Å²) in [5.74, 6) is 0.662. The Bertz CT molecular complexity index is 1060. The van der Waals surface area contributed by atoms with E-state index in [9.17, 15) is 23.3 Å². The molecule has 148 valence electrons. The van der Waals surface area contributed by atoms with E-state index in [1.165, 1.54) is 31.2 Å². The Morgan fingerprint density at radius 3 is 2.71 bits per heavy atom. The SMILES string of the molecule is CC(=O)N1CCCSc2ccc(S(=O)(=O)Nc3ccc(Cl)c([N+](=O)[O-])c3)cc21. The first-order chi connectivity index (χ1) is 13.2. The summed E-state index contributed by atoms with van der Waals surface area (Å²) in [5, 5.41) is 10.9. The van der Waals surface area contributed by atoms with Crippen molar-refractivity contribution in [2.75, 3.05) is 21.9 Å². The Kier molecular flexibility index (Phi) is 5.82. The smallest absolute Gasteiger partial charge is 0.289 e. The minimum atomic E-state index is -4.03. The second kappa shape index (κ2) is 7.98. The van der Waals surface area contributed by atoms with Crippen LogP contribution in [0.4, 0.5) is 17.1 Å². The molecule has 0 bridgehead atoms. The zero-order chi connectivity index (χ0) is 20.5. The Labute approximate surface area is 171 Å². The van der Waals surface area contributed by atoms with Crippen LogP contribution in [0, 0.1) is 10.1 Å². The molecule has 0 aliphatic carbocycles. The lowest BCUT2D eigenvalue weighted by Gasteiger charge is -2.21. The molecule has 0 atom stereocenters. The highest BCUT2D eigenvalue weighted by molar-refractivity contribution is 7.99. The van der Waals surface area contributed by atoms with Crippen molar-refractivity contribution in [2.24, 2.45) is 0 Å². The molecule has 1 heterocycles. The average molecular weight is 442 g/mol. The minimum absolute atomic E-state index is 0.0174. The number of anilines is 2. The van der Waals surface area contributed by atoms with Gasteiger partial charge in [-0.15, -0.1) is 11.8 Å². The fourth-order valence-corrected chi connectivity index (χ4v) is 5.01. The van der Waals surface area contributed by atoms with Gasteiger partial charge in [0.15, 0.2) is 0 Å². The van der Waals surface area contributed by atoms with E-state index in [1.54, 1.807) is 22.7 Å². The number of nitrogens with zero attached hydrogens (tertiary/aromatic N) is 2. The topological polar surface area (TPSA) is 110 Å². The van der Waals surface area contributed by atoms with Crippen LogP contribution in [0.3, 0.4) is 0 Å². The Hall–Kier alpha value is -2.30. The Morgan fingerprint density at radius 1 is 1.29 bits per heavy atom. The zero-order valence-corrected chi connectivity index (χ0v) is 17.1. The van der Waals surface area contributed by atoms with E-state index in [2.05, 4.69) is 4.72 Å². The number of hydrogen-bond donors (Lipinski definition) is 1. The van der Waals surface area contributed by atoms with Crippen molar-refractivity contribution >= 4 is 56.4 Å². The lowest BCUT2D eigenvalue weighted by Crippen LogP contribution is -2.29. The van der Waals surface area contributed by atoms with Crippen LogP contribution in [-0.4, -0.2) is 31.5 Å². The summed E-state index contributed by atoms with van der Waals surface area (Å²) in [6.45, 7) is 1.95. The van der Waals surface area contributed by atoms with Gasteiger partial charge < -0.3 is 4.90 Å². The summed E-state index contributed by atoms with van der Waals surface area (Å²) in [6, 6.07) is 8.21. The molecule has 0 fully saturated rings. The molecular weight excluding hydrogens is 426 g/mol. The van der Waals surface area contributed by atoms with Gasteiger partial charge in [-0.3, -0.25) is 19.6 Å². The second-order valence-corrected chi connectivity index (χ2v) is 9.26. The van der Waals surface area contributed by atoms with E-state index >= 15 is 0 Å². The highest BCUT2D eigenvalue weighted by Gasteiger charge is 2.24. The molecule has 0 saturated carbocycles. The third-order valence-electron chi connectivity index (χ3n) is 4.09. The third kappa shape index (κ3) is 4.23. The van der Waals surface area contributed by atoms with Crippen molar-refractivity contribution in [3.05, 3.63) is 51.5 Å². The third-order valence-corrected chi connectivity index (χ3v) is 6.94. The van der Waals surface area contributed by atoms with Gasteiger partial charge in [0.25, 0.3) is 15.7 Å². The van der Waals surface area contributed by atoms with E-state index in [0.29, 0.717) is 12.2 Å². The zero-order valence-electron chi connectivity index (χ0n) is 14.7. The predicted octanol–water partition coefficient (Wildman–Crippen LogP) is 3.90. The van der Waals surface area contributed by atoms with Crippen molar-refractivity contribution in [1.29, 1.82) is 0 Å². The molecule has 0 spiro atoms. The number of rotatable bonds is 4. The maximum Gasteiger partial charge on any atom is 0.289 e. The van der Waals surface area contributed by atoms with Gasteiger partial charge >= 0.3 is 0 Å². The molecule has 1 aliphatic rings. The molecule has 1 amide bonds. The molecule has 11 heteroatoms. The van der Waals surface area contributed by atoms with Crippen LogP contribution in [0.25, 0.3) is 0 Å². The molecule has 1 aliphatic heterocycles. The first-order valence-corrected chi connectivity index (χ1v) is 11.1. The first kappa shape index (κ1) is 20.4. The van der Waals surface area contributed by atoms with E-state index in [0.717, 1.165) is 23.1 Å². The number of amides is 1. The van der Waals surface area contributed by atoms with Crippen LogP contribution < -0.4 is 9.62 Å². The number of halogens is 1. The fraction of sp³-hybridized carbons (Fsp3) is 0.235. The molecule has 2 aromatic carbocycles. The van der Waals surface area contributed by atoms with Crippen LogP contribution in [0.5, 0.6) is 0 Å². The molecule has 0 saturated heterocycles. The van der Waals surface area contributed by atoms with Crippen LogP contribution in [0.2, 0.25) is 5.02 Å². The number of benzene rings is 2. The van der Waals surface area contributed by atoms with Crippen LogP contribution in [0.15, 0.2) is 46.2 Å². The molecule has 3 rings (SSSR count). The summed E-state index contributed by atoms with van der Waals surface area (Å²) in [6.07, 6.45) is 0.799. The van der Waals surface area contributed by atoms with Crippen LogP contribution in [-0.2, 0) is 14.8 Å². The van der Waals surface area contributed by atoms with Crippen molar-refractivity contribution in [1.82, 2.24) is 0 Å². The van der Waals surface area contributed by atoms with Gasteiger partial charge in [-0.2, -0.15) is 0 Å². The molecule has 2 aromatic rings. The molecule has 0 unspecified atom stereocenters. The van der Waals surface area contributed by atoms with Gasteiger partial charge in [0.1, 0.15) is 5.02 Å². The molecule has 0 radical (unpaired) electrons. The predicted molar refractivity (Wildman–Crippen MR) is 109 cm³/mol. The number of thioether (sulfide) groups is 1. The van der Waals surface area contributed by atoms with Crippen molar-refractivity contribution < 1.29 is 18.1 Å². The van der Waals surface area contributed by atoms with E-state index in [4.69, 9.17) is 11.6 Å². The normalized spacial score (nSPS) is 14.1. The van der Waals surface area contributed by atoms with Crippen molar-refractivity contribution in [2.45, 2.75) is 23.1 Å². The molecule has 0 aromatic heterocycles. The number of nitrogens with one attached hydrogen (secondary N) is 1. The number of sulfonamides is 1. The number of carbonyl (C=O) groups excluding carboxylic acids is 1. The summed E-state index contributed by atoms with van der Waals surface area (Å²) < 4.78 is 27.9. The quantitative estimate of drug-likeness (QED) is 0.569. The maximum atomic E-state index is 12.8. The fourth-order valence-electron chi connectivity index (χ4n) is 2.78. The summed E-state index contributed by atoms with van der Waals surface area (Å²) in [5.41, 5.74) is 0.159. The van der Waals surface area contributed by atoms with Gasteiger partial charge in [-0.25, -0.2) is 8.42 Å².